The Labute approximate surface area is 105 Å². The number of alkyl halides is 5. The Hall–Kier alpha value is -1.41. The van der Waals surface area contributed by atoms with Crippen molar-refractivity contribution in [1.82, 2.24) is 4.90 Å². The average Bonchev–Trinajstić information content (AvgIpc) is 2.76. The van der Waals surface area contributed by atoms with Gasteiger partial charge in [-0.05, 0) is 12.8 Å². The minimum atomic E-state index is -6.03. The highest BCUT2D eigenvalue weighted by Crippen LogP contribution is 2.38. The Morgan fingerprint density at radius 1 is 1.11 bits per heavy atom. The number of nitrogens with zero attached hydrogens (tertiary/aromatic N) is 1. The van der Waals surface area contributed by atoms with Crippen molar-refractivity contribution in [2.75, 3.05) is 6.54 Å². The molecule has 0 aromatic heterocycles. The van der Waals surface area contributed by atoms with Gasteiger partial charge in [0, 0.05) is 6.04 Å². The van der Waals surface area contributed by atoms with E-state index in [1.165, 1.54) is 0 Å². The first-order valence-corrected chi connectivity index (χ1v) is 5.54. The molecule has 0 radical (unpaired) electrons. The molecule has 1 rings (SSSR count). The molecular weight excluding hydrogens is 277 g/mol. The molecule has 1 fully saturated rings. The number of carboxylic acids is 1. The van der Waals surface area contributed by atoms with Crippen LogP contribution in [0.4, 0.5) is 22.0 Å². The summed E-state index contributed by atoms with van der Waals surface area (Å²) in [7, 11) is 0. The van der Waals surface area contributed by atoms with Crippen molar-refractivity contribution < 1.29 is 36.6 Å². The van der Waals surface area contributed by atoms with Crippen LogP contribution in [0, 0.1) is 0 Å². The normalized spacial score (nSPS) is 17.5. The fourth-order valence-electron chi connectivity index (χ4n) is 2.03. The van der Waals surface area contributed by atoms with E-state index in [0.29, 0.717) is 12.8 Å². The summed E-state index contributed by atoms with van der Waals surface area (Å²) in [5.41, 5.74) is 0. The predicted molar refractivity (Wildman–Crippen MR) is 52.6 cm³/mol. The molecule has 0 heterocycles. The number of hydrogen-bond donors (Lipinski definition) is 1. The van der Waals surface area contributed by atoms with E-state index in [1.807, 2.05) is 0 Å². The fraction of sp³-hybridized carbons (Fsp3) is 0.800. The molecular formula is C10H12F5NO3. The summed E-state index contributed by atoms with van der Waals surface area (Å²) in [6, 6.07) is -0.878. The minimum Gasteiger partial charge on any atom is -0.480 e. The van der Waals surface area contributed by atoms with Gasteiger partial charge in [0.2, 0.25) is 0 Å². The fourth-order valence-corrected chi connectivity index (χ4v) is 2.03. The van der Waals surface area contributed by atoms with Crippen molar-refractivity contribution >= 4 is 11.9 Å². The average molecular weight is 289 g/mol. The zero-order valence-electron chi connectivity index (χ0n) is 9.71. The van der Waals surface area contributed by atoms with E-state index in [1.54, 1.807) is 0 Å². The number of carboxylic acid groups (broad SMARTS) is 1. The Kier molecular flexibility index (Phi) is 4.36. The number of amides is 1. The van der Waals surface area contributed by atoms with Crippen molar-refractivity contribution in [3.8, 4) is 0 Å². The molecule has 0 aromatic carbocycles. The van der Waals surface area contributed by atoms with Gasteiger partial charge >= 0.3 is 24.0 Å². The van der Waals surface area contributed by atoms with Gasteiger partial charge in [0.1, 0.15) is 6.54 Å². The van der Waals surface area contributed by atoms with Crippen molar-refractivity contribution in [3.63, 3.8) is 0 Å². The molecule has 0 atom stereocenters. The lowest BCUT2D eigenvalue weighted by molar-refractivity contribution is -0.275. The van der Waals surface area contributed by atoms with Gasteiger partial charge in [0.15, 0.2) is 0 Å². The Morgan fingerprint density at radius 2 is 1.58 bits per heavy atom. The van der Waals surface area contributed by atoms with Crippen LogP contribution in [0.15, 0.2) is 0 Å². The van der Waals surface area contributed by atoms with Crippen molar-refractivity contribution in [2.24, 2.45) is 0 Å². The molecule has 1 saturated carbocycles. The van der Waals surface area contributed by atoms with Crippen LogP contribution in [0.1, 0.15) is 25.7 Å². The number of carbonyl (C=O) groups excluding carboxylic acids is 1. The van der Waals surface area contributed by atoms with E-state index in [2.05, 4.69) is 0 Å². The van der Waals surface area contributed by atoms with Crippen molar-refractivity contribution in [2.45, 2.75) is 43.8 Å². The third-order valence-electron chi connectivity index (χ3n) is 2.96. The number of rotatable bonds is 4. The first-order chi connectivity index (χ1) is 8.57. The maximum atomic E-state index is 13.0. The van der Waals surface area contributed by atoms with Gasteiger partial charge in [-0.3, -0.25) is 9.59 Å². The summed E-state index contributed by atoms with van der Waals surface area (Å²) in [6.45, 7) is -1.16. The molecule has 1 amide bonds. The first-order valence-electron chi connectivity index (χ1n) is 5.54. The first kappa shape index (κ1) is 15.6. The highest BCUT2D eigenvalue weighted by Gasteiger charge is 2.65. The molecule has 0 saturated heterocycles. The monoisotopic (exact) mass is 289 g/mol. The third kappa shape index (κ3) is 3.32. The topological polar surface area (TPSA) is 57.6 Å². The van der Waals surface area contributed by atoms with Crippen LogP contribution in [-0.2, 0) is 9.59 Å². The lowest BCUT2D eigenvalue weighted by Crippen LogP contribution is -2.55. The number of aliphatic carboxylic acids is 1. The predicted octanol–water partition coefficient (Wildman–Crippen LogP) is 2.04. The summed E-state index contributed by atoms with van der Waals surface area (Å²) in [5.74, 6) is -9.68. The second-order valence-corrected chi connectivity index (χ2v) is 4.34. The summed E-state index contributed by atoms with van der Waals surface area (Å²) >= 11 is 0. The van der Waals surface area contributed by atoms with E-state index < -0.39 is 36.6 Å². The van der Waals surface area contributed by atoms with Gasteiger partial charge in [-0.25, -0.2) is 0 Å². The Balaban J connectivity index is 2.97. The molecule has 1 aliphatic carbocycles. The summed E-state index contributed by atoms with van der Waals surface area (Å²) in [5, 5.41) is 8.54. The van der Waals surface area contributed by atoms with Crippen LogP contribution in [-0.4, -0.2) is 46.6 Å². The van der Waals surface area contributed by atoms with Gasteiger partial charge in [-0.15, -0.1) is 0 Å². The van der Waals surface area contributed by atoms with E-state index in [4.69, 9.17) is 5.11 Å². The van der Waals surface area contributed by atoms with E-state index in [0.717, 1.165) is 0 Å². The molecule has 1 N–H and O–H groups in total. The van der Waals surface area contributed by atoms with Gasteiger partial charge in [0.25, 0.3) is 0 Å². The maximum absolute atomic E-state index is 13.0. The van der Waals surface area contributed by atoms with Crippen LogP contribution in [0.5, 0.6) is 0 Å². The SMILES string of the molecule is O=C(O)CN(C(=O)C(F)(F)C(F)(F)F)C1CCCC1. The second-order valence-electron chi connectivity index (χ2n) is 4.34. The molecule has 0 spiro atoms. The molecule has 110 valence electrons. The molecule has 1 aliphatic rings. The molecule has 9 heteroatoms. The van der Waals surface area contributed by atoms with Gasteiger partial charge in [0.05, 0.1) is 0 Å². The van der Waals surface area contributed by atoms with Crippen LogP contribution in [0.3, 0.4) is 0 Å². The molecule has 0 aliphatic heterocycles. The largest absolute Gasteiger partial charge is 0.480 e. The number of halogens is 5. The zero-order valence-corrected chi connectivity index (χ0v) is 9.71. The lowest BCUT2D eigenvalue weighted by atomic mass is 10.1. The van der Waals surface area contributed by atoms with Crippen LogP contribution in [0.25, 0.3) is 0 Å². The third-order valence-corrected chi connectivity index (χ3v) is 2.96. The summed E-state index contributed by atoms with van der Waals surface area (Å²) < 4.78 is 62.3. The highest BCUT2D eigenvalue weighted by molar-refractivity contribution is 5.87. The van der Waals surface area contributed by atoms with Crippen molar-refractivity contribution in [1.29, 1.82) is 0 Å². The standard InChI is InChI=1S/C10H12F5NO3/c11-9(12,10(13,14)15)8(19)16(5-7(17)18)6-3-1-2-4-6/h6H,1-5H2,(H,17,18). The zero-order chi connectivity index (χ0) is 14.8. The molecule has 0 bridgehead atoms. The van der Waals surface area contributed by atoms with Crippen LogP contribution < -0.4 is 0 Å². The second kappa shape index (κ2) is 5.30. The van der Waals surface area contributed by atoms with Gasteiger partial charge in [-0.1, -0.05) is 12.8 Å². The van der Waals surface area contributed by atoms with Gasteiger partial charge in [-0.2, -0.15) is 22.0 Å². The van der Waals surface area contributed by atoms with E-state index in [9.17, 15) is 31.5 Å². The van der Waals surface area contributed by atoms with E-state index >= 15 is 0 Å². The molecule has 0 unspecified atom stereocenters. The van der Waals surface area contributed by atoms with Gasteiger partial charge < -0.3 is 10.0 Å². The molecule has 4 nitrogen and oxygen atoms in total. The smallest absolute Gasteiger partial charge is 0.463 e. The van der Waals surface area contributed by atoms with Crippen LogP contribution in [0.2, 0.25) is 0 Å². The quantitative estimate of drug-likeness (QED) is 0.806. The Bertz CT molecular complexity index is 363. The Morgan fingerprint density at radius 3 is 1.95 bits per heavy atom. The van der Waals surface area contributed by atoms with Crippen LogP contribution >= 0.6 is 0 Å². The van der Waals surface area contributed by atoms with E-state index in [-0.39, 0.29) is 17.7 Å². The molecule has 19 heavy (non-hydrogen) atoms. The number of carbonyl (C=O) groups is 2. The van der Waals surface area contributed by atoms with Crippen molar-refractivity contribution in [3.05, 3.63) is 0 Å². The lowest BCUT2D eigenvalue weighted by Gasteiger charge is -2.31. The molecule has 0 aromatic rings. The minimum absolute atomic E-state index is 0.128. The highest BCUT2D eigenvalue weighted by atomic mass is 19.4. The maximum Gasteiger partial charge on any atom is 0.463 e. The summed E-state index contributed by atoms with van der Waals surface area (Å²) in [6.07, 6.45) is -4.45. The summed E-state index contributed by atoms with van der Waals surface area (Å²) in [4.78, 5) is 22.0. The number of hydrogen-bond acceptors (Lipinski definition) is 2.